The quantitative estimate of drug-likeness (QED) is 0.240. The Labute approximate surface area is 214 Å². The number of nitrogens with one attached hydrogen (secondary N) is 1. The lowest BCUT2D eigenvalue weighted by Gasteiger charge is -2.30. The van der Waals surface area contributed by atoms with Crippen LogP contribution < -0.4 is 10.1 Å². The van der Waals surface area contributed by atoms with Gasteiger partial charge in [-0.3, -0.25) is 14.2 Å². The van der Waals surface area contributed by atoms with E-state index in [1.165, 1.54) is 6.42 Å². The summed E-state index contributed by atoms with van der Waals surface area (Å²) >= 11 is 6.02. The number of ether oxygens (including phenoxy) is 1. The number of amides is 1. The van der Waals surface area contributed by atoms with E-state index in [1.54, 1.807) is 35.9 Å². The second-order valence-electron chi connectivity index (χ2n) is 10.3. The van der Waals surface area contributed by atoms with E-state index in [2.05, 4.69) is 31.9 Å². The second-order valence-corrected chi connectivity index (χ2v) is 16.1. The Kier molecular flexibility index (Phi) is 8.83. The van der Waals surface area contributed by atoms with Crippen LogP contribution in [0.15, 0.2) is 42.5 Å². The molecule has 35 heavy (non-hydrogen) atoms. The summed E-state index contributed by atoms with van der Waals surface area (Å²) in [7, 11) is 0.0340. The predicted octanol–water partition coefficient (Wildman–Crippen LogP) is 6.79. The average molecular weight is 513 g/mol. The maximum atomic E-state index is 13.5. The van der Waals surface area contributed by atoms with Crippen molar-refractivity contribution >= 4 is 42.4 Å². The molecule has 1 unspecified atom stereocenters. The largest absolute Gasteiger partial charge is 0.497 e. The molecule has 0 bridgehead atoms. The number of methoxy groups -OCH3 is 1. The molecule has 0 aliphatic carbocycles. The Hall–Kier alpha value is -2.57. The highest BCUT2D eigenvalue weighted by atomic mass is 35.5. The van der Waals surface area contributed by atoms with Gasteiger partial charge in [0.1, 0.15) is 5.75 Å². The van der Waals surface area contributed by atoms with Crippen LogP contribution in [0.3, 0.4) is 0 Å². The molecule has 5 nitrogen and oxygen atoms in total. The second kappa shape index (κ2) is 11.4. The molecule has 1 atom stereocenters. The summed E-state index contributed by atoms with van der Waals surface area (Å²) in [6, 6.07) is 12.5. The molecule has 1 amide bonds. The highest BCUT2D eigenvalue weighted by Gasteiger charge is 2.29. The zero-order valence-electron chi connectivity index (χ0n) is 21.7. The Morgan fingerprint density at radius 3 is 2.37 bits per heavy atom. The number of hydrogen-bond donors (Lipinski definition) is 1. The molecule has 7 heteroatoms. The lowest BCUT2D eigenvalue weighted by Crippen LogP contribution is -2.51. The van der Waals surface area contributed by atoms with Crippen LogP contribution in [0.1, 0.15) is 54.2 Å². The molecule has 0 aliphatic rings. The normalized spacial score (nSPS) is 12.5. The van der Waals surface area contributed by atoms with E-state index in [1.807, 2.05) is 25.1 Å². The molecule has 0 saturated heterocycles. The zero-order chi connectivity index (χ0) is 25.8. The van der Waals surface area contributed by atoms with Crippen LogP contribution in [-0.4, -0.2) is 37.2 Å². The van der Waals surface area contributed by atoms with E-state index >= 15 is 0 Å². The monoisotopic (exact) mass is 512 g/mol. The van der Waals surface area contributed by atoms with Crippen LogP contribution in [-0.2, 0) is 11.2 Å². The van der Waals surface area contributed by atoms with Gasteiger partial charge < -0.3 is 10.1 Å². The number of rotatable bonds is 10. The van der Waals surface area contributed by atoms with Crippen molar-refractivity contribution in [3.63, 3.8) is 0 Å². The summed E-state index contributed by atoms with van der Waals surface area (Å²) in [5.74, 6) is 0.535. The minimum atomic E-state index is -1.58. The average Bonchev–Trinajstić information content (AvgIpc) is 3.08. The lowest BCUT2D eigenvalue weighted by molar-refractivity contribution is -0.120. The van der Waals surface area contributed by atoms with Gasteiger partial charge in [0, 0.05) is 27.3 Å². The number of nitrogens with zero attached hydrogens (tertiary/aromatic N) is 1. The van der Waals surface area contributed by atoms with Crippen molar-refractivity contribution in [1.29, 1.82) is 0 Å². The minimum Gasteiger partial charge on any atom is -0.497 e. The van der Waals surface area contributed by atoms with Crippen LogP contribution in [0.25, 0.3) is 10.9 Å². The predicted molar refractivity (Wildman–Crippen MR) is 148 cm³/mol. The molecule has 3 rings (SSSR count). The van der Waals surface area contributed by atoms with Gasteiger partial charge in [0.15, 0.2) is 0 Å². The third-order valence-corrected chi connectivity index (χ3v) is 9.43. The summed E-state index contributed by atoms with van der Waals surface area (Å²) < 4.78 is 7.14. The van der Waals surface area contributed by atoms with E-state index in [9.17, 15) is 9.59 Å². The number of hydrogen-bond acceptors (Lipinski definition) is 3. The first-order valence-corrected chi connectivity index (χ1v) is 16.3. The maximum Gasteiger partial charge on any atom is 0.262 e. The van der Waals surface area contributed by atoms with Crippen molar-refractivity contribution < 1.29 is 14.3 Å². The molecule has 0 radical (unpaired) electrons. The highest BCUT2D eigenvalue weighted by Crippen LogP contribution is 2.31. The van der Waals surface area contributed by atoms with Crippen LogP contribution >= 0.6 is 11.6 Å². The summed E-state index contributed by atoms with van der Waals surface area (Å²) in [6.45, 7) is 11.0. The fraction of sp³-hybridized carbons (Fsp3) is 0.429. The smallest absolute Gasteiger partial charge is 0.262 e. The molecule has 0 fully saturated rings. The van der Waals surface area contributed by atoms with Crippen molar-refractivity contribution in [2.24, 2.45) is 0 Å². The third kappa shape index (κ3) is 6.36. The van der Waals surface area contributed by atoms with Gasteiger partial charge in [-0.15, -0.1) is 0 Å². The Morgan fingerprint density at radius 2 is 1.77 bits per heavy atom. The number of carbonyl (C=O) groups excluding carboxylic acids is 2. The zero-order valence-corrected chi connectivity index (χ0v) is 23.5. The van der Waals surface area contributed by atoms with E-state index in [4.69, 9.17) is 16.3 Å². The molecule has 1 heterocycles. The summed E-state index contributed by atoms with van der Waals surface area (Å²) in [6.07, 6.45) is 4.69. The number of fused-ring (bicyclic) bond motifs is 1. The fourth-order valence-electron chi connectivity index (χ4n) is 4.52. The molecule has 0 saturated carbocycles. The summed E-state index contributed by atoms with van der Waals surface area (Å²) in [5, 5.41) is 4.78. The number of benzene rings is 2. The van der Waals surface area contributed by atoms with Crippen LogP contribution in [0.2, 0.25) is 24.7 Å². The van der Waals surface area contributed by atoms with Crippen molar-refractivity contribution in [3.8, 4) is 5.75 Å². The van der Waals surface area contributed by atoms with Crippen LogP contribution in [0.4, 0.5) is 0 Å². The van der Waals surface area contributed by atoms with Crippen molar-refractivity contribution in [1.82, 2.24) is 9.88 Å². The first kappa shape index (κ1) is 27.0. The van der Waals surface area contributed by atoms with Gasteiger partial charge in [0.05, 0.1) is 27.1 Å². The first-order valence-electron chi connectivity index (χ1n) is 12.3. The molecule has 1 aromatic heterocycles. The van der Waals surface area contributed by atoms with Crippen molar-refractivity contribution in [2.45, 2.75) is 71.3 Å². The molecular weight excluding hydrogens is 476 g/mol. The fourth-order valence-corrected chi connectivity index (χ4v) is 6.31. The van der Waals surface area contributed by atoms with Crippen molar-refractivity contribution in [3.05, 3.63) is 64.3 Å². The number of unbranched alkanes of at least 4 members (excludes halogenated alkanes) is 2. The van der Waals surface area contributed by atoms with Crippen LogP contribution in [0, 0.1) is 6.92 Å². The number of carbonyl (C=O) groups is 2. The SMILES string of the molecule is CCCCCC(NC(=O)Cc1c(C)n(C(=O)c2ccc(Cl)cc2)c2ccc(OC)cc12)[Si](C)(C)C. The standard InChI is InChI=1S/C28H37ClN2O3Si/c1-7-8-9-10-27(35(4,5)6)30-26(32)18-23-19(2)31(25-16-15-22(34-3)17-24(23)25)28(33)20-11-13-21(29)14-12-20/h11-17,27H,7-10,18H2,1-6H3,(H,30,32). The van der Waals surface area contributed by atoms with Gasteiger partial charge in [-0.05, 0) is 61.4 Å². The first-order chi connectivity index (χ1) is 16.6. The molecule has 3 aromatic rings. The summed E-state index contributed by atoms with van der Waals surface area (Å²) in [4.78, 5) is 26.8. The summed E-state index contributed by atoms with van der Waals surface area (Å²) in [5.41, 5.74) is 3.13. The van der Waals surface area contributed by atoms with Gasteiger partial charge in [0.2, 0.25) is 5.91 Å². The van der Waals surface area contributed by atoms with Crippen molar-refractivity contribution in [2.75, 3.05) is 7.11 Å². The van der Waals surface area contributed by atoms with Crippen LogP contribution in [0.5, 0.6) is 5.75 Å². The van der Waals surface area contributed by atoms with E-state index < -0.39 is 8.07 Å². The Balaban J connectivity index is 1.98. The van der Waals surface area contributed by atoms with E-state index in [0.717, 1.165) is 41.4 Å². The molecule has 2 aromatic carbocycles. The third-order valence-electron chi connectivity index (χ3n) is 6.65. The number of halogens is 1. The van der Waals surface area contributed by atoms with Gasteiger partial charge in [-0.25, -0.2) is 0 Å². The Morgan fingerprint density at radius 1 is 1.09 bits per heavy atom. The molecular formula is C28H37ClN2O3Si. The highest BCUT2D eigenvalue weighted by molar-refractivity contribution is 6.77. The lowest BCUT2D eigenvalue weighted by atomic mass is 10.1. The molecule has 1 N–H and O–H groups in total. The van der Waals surface area contributed by atoms with Gasteiger partial charge >= 0.3 is 0 Å². The van der Waals surface area contributed by atoms with E-state index in [0.29, 0.717) is 16.3 Å². The molecule has 0 aliphatic heterocycles. The maximum absolute atomic E-state index is 13.5. The minimum absolute atomic E-state index is 0.00200. The number of aromatic nitrogens is 1. The van der Waals surface area contributed by atoms with Gasteiger partial charge in [-0.2, -0.15) is 0 Å². The Bertz CT molecular complexity index is 1200. The topological polar surface area (TPSA) is 60.3 Å². The van der Waals surface area contributed by atoms with Gasteiger partial charge in [-0.1, -0.05) is 57.4 Å². The van der Waals surface area contributed by atoms with Gasteiger partial charge in [0.25, 0.3) is 5.91 Å². The molecule has 188 valence electrons. The van der Waals surface area contributed by atoms with E-state index in [-0.39, 0.29) is 23.9 Å². The molecule has 0 spiro atoms.